The highest BCUT2D eigenvalue weighted by Gasteiger charge is 2.29. The van der Waals surface area contributed by atoms with E-state index >= 15 is 0 Å². The molecule has 2 atom stereocenters. The molecular formula is C21H21FN2O3. The zero-order valence-electron chi connectivity index (χ0n) is 15.1. The van der Waals surface area contributed by atoms with E-state index in [1.54, 1.807) is 31.2 Å². The minimum Gasteiger partial charge on any atom is -0.389 e. The third-order valence-electron chi connectivity index (χ3n) is 4.68. The number of hydrogen-bond donors (Lipinski definition) is 3. The molecule has 2 amide bonds. The van der Waals surface area contributed by atoms with Gasteiger partial charge in [-0.1, -0.05) is 24.3 Å². The van der Waals surface area contributed by atoms with Crippen LogP contribution in [0.3, 0.4) is 0 Å². The van der Waals surface area contributed by atoms with E-state index in [2.05, 4.69) is 10.6 Å². The Kier molecular flexibility index (Phi) is 5.37. The maximum absolute atomic E-state index is 13.2. The number of amides is 2. The molecule has 27 heavy (non-hydrogen) atoms. The zero-order chi connectivity index (χ0) is 19.6. The number of aliphatic hydroxyl groups is 1. The van der Waals surface area contributed by atoms with Gasteiger partial charge in [-0.3, -0.25) is 9.59 Å². The summed E-state index contributed by atoms with van der Waals surface area (Å²) in [4.78, 5) is 24.7. The molecule has 140 valence electrons. The first-order chi connectivity index (χ1) is 12.8. The van der Waals surface area contributed by atoms with Crippen LogP contribution in [0.1, 0.15) is 42.1 Å². The monoisotopic (exact) mass is 368 g/mol. The first-order valence-electron chi connectivity index (χ1n) is 8.70. The molecule has 3 rings (SSSR count). The van der Waals surface area contributed by atoms with E-state index in [1.165, 1.54) is 18.3 Å². The van der Waals surface area contributed by atoms with Crippen molar-refractivity contribution in [3.8, 4) is 0 Å². The second kappa shape index (κ2) is 7.72. The van der Waals surface area contributed by atoms with Gasteiger partial charge in [-0.15, -0.1) is 0 Å². The molecule has 0 spiro atoms. The lowest BCUT2D eigenvalue weighted by Crippen LogP contribution is -2.32. The lowest BCUT2D eigenvalue weighted by Gasteiger charge is -2.24. The Morgan fingerprint density at radius 3 is 2.63 bits per heavy atom. The summed E-state index contributed by atoms with van der Waals surface area (Å²) in [7, 11) is 0. The fourth-order valence-corrected chi connectivity index (χ4v) is 3.06. The van der Waals surface area contributed by atoms with Gasteiger partial charge < -0.3 is 15.7 Å². The van der Waals surface area contributed by atoms with Crippen molar-refractivity contribution >= 4 is 17.5 Å². The van der Waals surface area contributed by atoms with Gasteiger partial charge in [0.25, 0.3) is 5.91 Å². The highest BCUT2D eigenvalue weighted by Crippen LogP contribution is 2.31. The standard InChI is InChI=1S/C21H21FN2O3/c1-12-3-4-15(13(2)25)9-19(12)24-21(27)18-11-23-20(26)10-17(18)14-5-7-16(22)8-6-14/h3-9,11,13,17,25H,10H2,1-2H3,(H,23,26)(H,24,27)/t13-,17?/m0/s1. The Morgan fingerprint density at radius 2 is 1.96 bits per heavy atom. The summed E-state index contributed by atoms with van der Waals surface area (Å²) >= 11 is 0. The highest BCUT2D eigenvalue weighted by atomic mass is 19.1. The van der Waals surface area contributed by atoms with Crippen LogP contribution in [0, 0.1) is 12.7 Å². The fraction of sp³-hybridized carbons (Fsp3) is 0.238. The maximum atomic E-state index is 13.2. The second-order valence-electron chi connectivity index (χ2n) is 6.68. The Hall–Kier alpha value is -2.99. The Morgan fingerprint density at radius 1 is 1.26 bits per heavy atom. The molecular weight excluding hydrogens is 347 g/mol. The minimum absolute atomic E-state index is 0.109. The maximum Gasteiger partial charge on any atom is 0.253 e. The molecule has 6 heteroatoms. The normalized spacial score (nSPS) is 17.7. The SMILES string of the molecule is Cc1ccc([C@H](C)O)cc1NC(=O)C1=CNC(=O)CC1c1ccc(F)cc1. The number of carbonyl (C=O) groups is 2. The van der Waals surface area contributed by atoms with E-state index in [1.807, 2.05) is 13.0 Å². The smallest absolute Gasteiger partial charge is 0.253 e. The molecule has 1 unspecified atom stereocenters. The van der Waals surface area contributed by atoms with Gasteiger partial charge in [-0.25, -0.2) is 4.39 Å². The number of anilines is 1. The van der Waals surface area contributed by atoms with E-state index in [0.717, 1.165) is 5.56 Å². The third kappa shape index (κ3) is 4.23. The van der Waals surface area contributed by atoms with Crippen molar-refractivity contribution in [3.63, 3.8) is 0 Å². The number of nitrogens with one attached hydrogen (secondary N) is 2. The van der Waals surface area contributed by atoms with Crippen molar-refractivity contribution < 1.29 is 19.1 Å². The number of aryl methyl sites for hydroxylation is 1. The van der Waals surface area contributed by atoms with Gasteiger partial charge in [0.1, 0.15) is 5.82 Å². The zero-order valence-corrected chi connectivity index (χ0v) is 15.1. The Balaban J connectivity index is 1.89. The molecule has 1 heterocycles. The second-order valence-corrected chi connectivity index (χ2v) is 6.68. The van der Waals surface area contributed by atoms with Crippen LogP contribution in [0.5, 0.6) is 0 Å². The van der Waals surface area contributed by atoms with Gasteiger partial charge in [0, 0.05) is 29.8 Å². The van der Waals surface area contributed by atoms with E-state index in [9.17, 15) is 19.1 Å². The summed E-state index contributed by atoms with van der Waals surface area (Å²) in [5.74, 6) is -1.39. The number of halogens is 1. The Bertz CT molecular complexity index is 904. The highest BCUT2D eigenvalue weighted by molar-refractivity contribution is 6.06. The van der Waals surface area contributed by atoms with Crippen LogP contribution in [0.4, 0.5) is 10.1 Å². The topological polar surface area (TPSA) is 78.4 Å². The van der Waals surface area contributed by atoms with Gasteiger partial charge in [0.05, 0.1) is 6.10 Å². The van der Waals surface area contributed by atoms with Crippen LogP contribution < -0.4 is 10.6 Å². The Labute approximate surface area is 156 Å². The molecule has 3 N–H and O–H groups in total. The first-order valence-corrected chi connectivity index (χ1v) is 8.70. The fourth-order valence-electron chi connectivity index (χ4n) is 3.06. The van der Waals surface area contributed by atoms with Gasteiger partial charge in [0.2, 0.25) is 5.91 Å². The van der Waals surface area contributed by atoms with Crippen molar-refractivity contribution in [2.24, 2.45) is 0 Å². The van der Waals surface area contributed by atoms with Crippen molar-refractivity contribution in [2.45, 2.75) is 32.3 Å². The third-order valence-corrected chi connectivity index (χ3v) is 4.68. The van der Waals surface area contributed by atoms with Crippen molar-refractivity contribution in [2.75, 3.05) is 5.32 Å². The van der Waals surface area contributed by atoms with Crippen molar-refractivity contribution in [1.82, 2.24) is 5.32 Å². The molecule has 0 fully saturated rings. The summed E-state index contributed by atoms with van der Waals surface area (Å²) in [6.07, 6.45) is 0.863. The summed E-state index contributed by atoms with van der Waals surface area (Å²) in [6.45, 7) is 3.51. The van der Waals surface area contributed by atoms with Gasteiger partial charge >= 0.3 is 0 Å². The molecule has 0 saturated carbocycles. The quantitative estimate of drug-likeness (QED) is 0.775. The molecule has 2 aromatic carbocycles. The van der Waals surface area contributed by atoms with Crippen LogP contribution in [-0.4, -0.2) is 16.9 Å². The number of aliphatic hydroxyl groups excluding tert-OH is 1. The molecule has 1 aliphatic heterocycles. The van der Waals surface area contributed by atoms with Crippen LogP contribution >= 0.6 is 0 Å². The average molecular weight is 368 g/mol. The van der Waals surface area contributed by atoms with Crippen molar-refractivity contribution in [3.05, 3.63) is 76.7 Å². The summed E-state index contributed by atoms with van der Waals surface area (Å²) in [5.41, 5.74) is 3.22. The molecule has 0 bridgehead atoms. The summed E-state index contributed by atoms with van der Waals surface area (Å²) in [6, 6.07) is 11.1. The lowest BCUT2D eigenvalue weighted by atomic mass is 9.86. The van der Waals surface area contributed by atoms with Crippen LogP contribution in [0.2, 0.25) is 0 Å². The minimum atomic E-state index is -0.651. The number of hydrogen-bond acceptors (Lipinski definition) is 3. The van der Waals surface area contributed by atoms with E-state index < -0.39 is 12.0 Å². The largest absolute Gasteiger partial charge is 0.389 e. The van der Waals surface area contributed by atoms with Gasteiger partial charge in [0.15, 0.2) is 0 Å². The van der Waals surface area contributed by atoms with E-state index in [-0.39, 0.29) is 24.1 Å². The van der Waals surface area contributed by atoms with Crippen molar-refractivity contribution in [1.29, 1.82) is 0 Å². The van der Waals surface area contributed by atoms with E-state index in [0.29, 0.717) is 22.4 Å². The number of carbonyl (C=O) groups excluding carboxylic acids is 2. The van der Waals surface area contributed by atoms with Crippen LogP contribution in [-0.2, 0) is 9.59 Å². The molecule has 0 aromatic heterocycles. The summed E-state index contributed by atoms with van der Waals surface area (Å²) in [5, 5.41) is 15.2. The predicted molar refractivity (Wildman–Crippen MR) is 100 cm³/mol. The molecule has 1 aliphatic rings. The van der Waals surface area contributed by atoms with Crippen LogP contribution in [0.25, 0.3) is 0 Å². The summed E-state index contributed by atoms with van der Waals surface area (Å²) < 4.78 is 13.2. The molecule has 0 saturated heterocycles. The molecule has 0 aliphatic carbocycles. The molecule has 5 nitrogen and oxygen atoms in total. The van der Waals surface area contributed by atoms with Gasteiger partial charge in [-0.2, -0.15) is 0 Å². The van der Waals surface area contributed by atoms with E-state index in [4.69, 9.17) is 0 Å². The molecule has 2 aromatic rings. The van der Waals surface area contributed by atoms with Crippen LogP contribution in [0.15, 0.2) is 54.2 Å². The predicted octanol–water partition coefficient (Wildman–Crippen LogP) is 3.31. The number of rotatable bonds is 4. The number of benzene rings is 2. The average Bonchev–Trinajstić information content (AvgIpc) is 2.63. The lowest BCUT2D eigenvalue weighted by molar-refractivity contribution is -0.121. The first kappa shape index (κ1) is 18.8. The molecule has 0 radical (unpaired) electrons. The van der Waals surface area contributed by atoms with Gasteiger partial charge in [-0.05, 0) is 48.7 Å².